The van der Waals surface area contributed by atoms with Gasteiger partial charge in [0.25, 0.3) is 0 Å². The van der Waals surface area contributed by atoms with Gasteiger partial charge < -0.3 is 19.4 Å². The van der Waals surface area contributed by atoms with Crippen molar-refractivity contribution in [2.75, 3.05) is 14.2 Å². The number of carboxylic acids is 1. The molecule has 0 fully saturated rings. The van der Waals surface area contributed by atoms with Gasteiger partial charge in [0.2, 0.25) is 10.0 Å². The first-order valence-electron chi connectivity index (χ1n) is 7.77. The third-order valence-corrected chi connectivity index (χ3v) is 5.30. The van der Waals surface area contributed by atoms with E-state index in [0.717, 1.165) is 5.56 Å². The summed E-state index contributed by atoms with van der Waals surface area (Å²) in [6, 6.07) is 9.92. The topological polar surface area (TPSA) is 105 Å². The Morgan fingerprint density at radius 1 is 1.08 bits per heavy atom. The van der Waals surface area contributed by atoms with Crippen molar-refractivity contribution >= 4 is 16.0 Å². The van der Waals surface area contributed by atoms with Crippen LogP contribution in [0.25, 0.3) is 0 Å². The predicted octanol–water partition coefficient (Wildman–Crippen LogP) is 1.17. The molecule has 0 aromatic heterocycles. The molecule has 2 aromatic carbocycles. The fraction of sp³-hybridized carbons (Fsp3) is 0.278. The molecular weight excluding hydrogens is 358 g/mol. The van der Waals surface area contributed by atoms with Gasteiger partial charge in [-0.25, -0.2) is 13.1 Å². The number of methoxy groups -OCH3 is 2. The Kier molecular flexibility index (Phi) is 6.23. The molecule has 2 rings (SSSR count). The molecule has 26 heavy (non-hydrogen) atoms. The van der Waals surface area contributed by atoms with Crippen molar-refractivity contribution in [2.45, 2.75) is 24.3 Å². The van der Waals surface area contributed by atoms with E-state index in [1.807, 2.05) is 6.92 Å². The standard InChI is InChI=1S/C18H21NO6S/c1-12-4-7-14(8-5-12)26(22,23)19-15(11-18(20)21)13-6-9-16(24-2)17(10-13)25-3/h4-10,15,19H,11H2,1-3H3,(H,20,21)/p-1/t15-/m1/s1. The second kappa shape index (κ2) is 8.20. The largest absolute Gasteiger partial charge is 0.550 e. The molecule has 0 radical (unpaired) electrons. The van der Waals surface area contributed by atoms with Crippen LogP contribution in [0.2, 0.25) is 0 Å². The highest BCUT2D eigenvalue weighted by Gasteiger charge is 2.22. The highest BCUT2D eigenvalue weighted by atomic mass is 32.2. The van der Waals surface area contributed by atoms with Crippen LogP contribution in [-0.2, 0) is 14.8 Å². The number of carbonyl (C=O) groups excluding carboxylic acids is 1. The van der Waals surface area contributed by atoms with Gasteiger partial charge in [-0.3, -0.25) is 0 Å². The highest BCUT2D eigenvalue weighted by Crippen LogP contribution is 2.31. The fourth-order valence-corrected chi connectivity index (χ4v) is 3.66. The number of sulfonamides is 1. The van der Waals surface area contributed by atoms with Crippen molar-refractivity contribution in [2.24, 2.45) is 0 Å². The molecule has 1 atom stereocenters. The van der Waals surface area contributed by atoms with Crippen molar-refractivity contribution in [3.63, 3.8) is 0 Å². The minimum atomic E-state index is -3.92. The molecule has 0 heterocycles. The van der Waals surface area contributed by atoms with E-state index in [2.05, 4.69) is 4.72 Å². The second-order valence-electron chi connectivity index (χ2n) is 5.68. The number of benzene rings is 2. The van der Waals surface area contributed by atoms with Gasteiger partial charge in [-0.15, -0.1) is 0 Å². The van der Waals surface area contributed by atoms with E-state index in [0.29, 0.717) is 17.1 Å². The van der Waals surface area contributed by atoms with Crippen molar-refractivity contribution in [3.05, 3.63) is 53.6 Å². The summed E-state index contributed by atoms with van der Waals surface area (Å²) in [6.07, 6.45) is -0.527. The van der Waals surface area contributed by atoms with Crippen LogP contribution in [0.3, 0.4) is 0 Å². The molecule has 0 aliphatic heterocycles. The molecule has 0 amide bonds. The number of carbonyl (C=O) groups is 1. The Morgan fingerprint density at radius 2 is 1.69 bits per heavy atom. The molecular formula is C18H20NO6S-. The van der Waals surface area contributed by atoms with E-state index < -0.39 is 28.5 Å². The minimum absolute atomic E-state index is 0.0481. The molecule has 1 N–H and O–H groups in total. The Bertz CT molecular complexity index is 877. The molecule has 0 bridgehead atoms. The van der Waals surface area contributed by atoms with Crippen LogP contribution in [0.4, 0.5) is 0 Å². The maximum absolute atomic E-state index is 12.6. The summed E-state index contributed by atoms with van der Waals surface area (Å²) in [6.45, 7) is 1.84. The molecule has 0 aliphatic carbocycles. The van der Waals surface area contributed by atoms with Crippen LogP contribution >= 0.6 is 0 Å². The molecule has 7 nitrogen and oxygen atoms in total. The van der Waals surface area contributed by atoms with Gasteiger partial charge in [0, 0.05) is 12.4 Å². The zero-order valence-electron chi connectivity index (χ0n) is 14.7. The zero-order chi connectivity index (χ0) is 19.3. The third kappa shape index (κ3) is 4.74. The minimum Gasteiger partial charge on any atom is -0.550 e. The summed E-state index contributed by atoms with van der Waals surface area (Å²) in [7, 11) is -1.01. The van der Waals surface area contributed by atoms with Crippen molar-refractivity contribution in [1.82, 2.24) is 4.72 Å². The summed E-state index contributed by atoms with van der Waals surface area (Å²) in [5, 5.41) is 11.1. The first-order chi connectivity index (χ1) is 12.3. The lowest BCUT2D eigenvalue weighted by Crippen LogP contribution is -2.34. The predicted molar refractivity (Wildman–Crippen MR) is 93.4 cm³/mol. The monoisotopic (exact) mass is 378 g/mol. The molecule has 8 heteroatoms. The Labute approximate surface area is 152 Å². The lowest BCUT2D eigenvalue weighted by molar-refractivity contribution is -0.306. The number of hydrogen-bond acceptors (Lipinski definition) is 6. The quantitative estimate of drug-likeness (QED) is 0.739. The van der Waals surface area contributed by atoms with Crippen molar-refractivity contribution in [3.8, 4) is 11.5 Å². The first-order valence-corrected chi connectivity index (χ1v) is 9.26. The summed E-state index contributed by atoms with van der Waals surface area (Å²) in [5.41, 5.74) is 1.33. The molecule has 0 aliphatic rings. The summed E-state index contributed by atoms with van der Waals surface area (Å²) in [5.74, 6) is -0.566. The van der Waals surface area contributed by atoms with Gasteiger partial charge in [0.1, 0.15) is 0 Å². The van der Waals surface area contributed by atoms with Crippen LogP contribution in [0.15, 0.2) is 47.4 Å². The number of rotatable bonds is 8. The van der Waals surface area contributed by atoms with Gasteiger partial charge in [-0.2, -0.15) is 0 Å². The summed E-state index contributed by atoms with van der Waals surface area (Å²) < 4.78 is 38.0. The lowest BCUT2D eigenvalue weighted by Gasteiger charge is -2.21. The van der Waals surface area contributed by atoms with Crippen LogP contribution in [-0.4, -0.2) is 28.6 Å². The fourth-order valence-electron chi connectivity index (χ4n) is 2.44. The molecule has 0 saturated heterocycles. The first kappa shape index (κ1) is 19.7. The maximum atomic E-state index is 12.6. The number of ether oxygens (including phenoxy) is 2. The normalized spacial score (nSPS) is 12.4. The number of nitrogens with one attached hydrogen (secondary N) is 1. The molecule has 0 unspecified atom stereocenters. The van der Waals surface area contributed by atoms with E-state index in [1.54, 1.807) is 24.3 Å². The van der Waals surface area contributed by atoms with Gasteiger partial charge in [0.05, 0.1) is 25.2 Å². The Hall–Kier alpha value is -2.58. The Balaban J connectivity index is 2.38. The average Bonchev–Trinajstić information content (AvgIpc) is 2.60. The van der Waals surface area contributed by atoms with Gasteiger partial charge >= 0.3 is 0 Å². The number of carboxylic acid groups (broad SMARTS) is 1. The van der Waals surface area contributed by atoms with Crippen molar-refractivity contribution in [1.29, 1.82) is 0 Å². The SMILES string of the molecule is COc1ccc([C@@H](CC(=O)[O-])NS(=O)(=O)c2ccc(C)cc2)cc1OC. The maximum Gasteiger partial charge on any atom is 0.241 e. The molecule has 140 valence electrons. The highest BCUT2D eigenvalue weighted by molar-refractivity contribution is 7.89. The van der Waals surface area contributed by atoms with Crippen LogP contribution in [0, 0.1) is 6.92 Å². The third-order valence-electron chi connectivity index (χ3n) is 3.81. The zero-order valence-corrected chi connectivity index (χ0v) is 15.5. The molecule has 0 spiro atoms. The van der Waals surface area contributed by atoms with Gasteiger partial charge in [-0.05, 0) is 36.8 Å². The molecule has 0 saturated carbocycles. The van der Waals surface area contributed by atoms with E-state index in [4.69, 9.17) is 9.47 Å². The van der Waals surface area contributed by atoms with Crippen LogP contribution < -0.4 is 19.3 Å². The Morgan fingerprint density at radius 3 is 2.23 bits per heavy atom. The van der Waals surface area contributed by atoms with Crippen molar-refractivity contribution < 1.29 is 27.8 Å². The smallest absolute Gasteiger partial charge is 0.241 e. The van der Waals surface area contributed by atoms with E-state index in [-0.39, 0.29) is 4.90 Å². The lowest BCUT2D eigenvalue weighted by atomic mass is 10.0. The summed E-state index contributed by atoms with van der Waals surface area (Å²) in [4.78, 5) is 11.2. The molecule has 2 aromatic rings. The summed E-state index contributed by atoms with van der Waals surface area (Å²) >= 11 is 0. The van der Waals surface area contributed by atoms with Crippen LogP contribution in [0.1, 0.15) is 23.6 Å². The van der Waals surface area contributed by atoms with Gasteiger partial charge in [-0.1, -0.05) is 23.8 Å². The number of aryl methyl sites for hydroxylation is 1. The average molecular weight is 378 g/mol. The van der Waals surface area contributed by atoms with Crippen LogP contribution in [0.5, 0.6) is 11.5 Å². The van der Waals surface area contributed by atoms with E-state index >= 15 is 0 Å². The number of hydrogen-bond donors (Lipinski definition) is 1. The van der Waals surface area contributed by atoms with Gasteiger partial charge in [0.15, 0.2) is 11.5 Å². The number of aliphatic carboxylic acids is 1. The van der Waals surface area contributed by atoms with E-state index in [1.165, 1.54) is 32.4 Å². The van der Waals surface area contributed by atoms with E-state index in [9.17, 15) is 18.3 Å². The second-order valence-corrected chi connectivity index (χ2v) is 7.39.